The third kappa shape index (κ3) is 4.01. The van der Waals surface area contributed by atoms with E-state index >= 15 is 0 Å². The molecule has 0 saturated heterocycles. The summed E-state index contributed by atoms with van der Waals surface area (Å²) in [5, 5.41) is 2.96. The molecule has 2 amide bonds. The maximum atomic E-state index is 13.0. The van der Waals surface area contributed by atoms with Crippen molar-refractivity contribution in [2.75, 3.05) is 35.3 Å². The summed E-state index contributed by atoms with van der Waals surface area (Å²) in [6, 6.07) is 19.5. The fraction of sp³-hybridized carbons (Fsp3) is 0.217. The van der Waals surface area contributed by atoms with E-state index in [2.05, 4.69) is 46.4 Å². The predicted octanol–water partition coefficient (Wildman–Crippen LogP) is 4.46. The molecule has 0 spiro atoms. The quantitative estimate of drug-likeness (QED) is 0.717. The number of hydrogen-bond acceptors (Lipinski definition) is 4. The Bertz CT molecular complexity index is 1000. The summed E-state index contributed by atoms with van der Waals surface area (Å²) in [6.07, 6.45) is 1.77. The molecule has 1 aliphatic heterocycles. The highest BCUT2D eigenvalue weighted by Gasteiger charge is 2.28. The van der Waals surface area contributed by atoms with Crippen molar-refractivity contribution in [3.8, 4) is 5.75 Å². The molecule has 3 aromatic rings. The van der Waals surface area contributed by atoms with Crippen molar-refractivity contribution in [3.63, 3.8) is 0 Å². The number of hydrogen-bond donors (Lipinski definition) is 1. The first-order chi connectivity index (χ1) is 14.2. The topological polar surface area (TPSA) is 57.7 Å². The Balaban J connectivity index is 1.56. The number of amides is 2. The molecule has 1 aromatic heterocycles. The van der Waals surface area contributed by atoms with E-state index in [4.69, 9.17) is 4.74 Å². The molecule has 6 nitrogen and oxygen atoms in total. The number of anilines is 3. The Hall–Kier alpha value is -3.54. The van der Waals surface area contributed by atoms with Gasteiger partial charge in [-0.15, -0.1) is 0 Å². The summed E-state index contributed by atoms with van der Waals surface area (Å²) < 4.78 is 5.34. The first-order valence-electron chi connectivity index (χ1n) is 9.63. The Kier molecular flexibility index (Phi) is 5.33. The number of ether oxygens (including phenoxy) is 1. The minimum absolute atomic E-state index is 0.196. The second-order valence-corrected chi connectivity index (χ2v) is 7.04. The second kappa shape index (κ2) is 8.22. The zero-order valence-corrected chi connectivity index (χ0v) is 16.6. The Morgan fingerprint density at radius 3 is 2.66 bits per heavy atom. The van der Waals surface area contributed by atoms with E-state index < -0.39 is 0 Å². The zero-order chi connectivity index (χ0) is 20.2. The lowest BCUT2D eigenvalue weighted by Crippen LogP contribution is -2.46. The summed E-state index contributed by atoms with van der Waals surface area (Å²) in [7, 11) is 1.59. The predicted molar refractivity (Wildman–Crippen MR) is 116 cm³/mol. The molecule has 2 heterocycles. The summed E-state index contributed by atoms with van der Waals surface area (Å²) >= 11 is 0. The van der Waals surface area contributed by atoms with Gasteiger partial charge in [-0.2, -0.15) is 0 Å². The molecule has 0 unspecified atom stereocenters. The molecule has 0 bridgehead atoms. The molecule has 0 saturated carbocycles. The van der Waals surface area contributed by atoms with Gasteiger partial charge in [0, 0.05) is 25.8 Å². The molecular weight excluding hydrogens is 364 g/mol. The van der Waals surface area contributed by atoms with Gasteiger partial charge in [-0.25, -0.2) is 9.78 Å². The SMILES string of the molecule is COc1ccccc1NC(=O)N1CCN(Cc2ccc(C)cc2)c2ncccc21. The molecule has 29 heavy (non-hydrogen) atoms. The van der Waals surface area contributed by atoms with Gasteiger partial charge in [0.2, 0.25) is 0 Å². The maximum Gasteiger partial charge on any atom is 0.326 e. The van der Waals surface area contributed by atoms with Gasteiger partial charge in [0.05, 0.1) is 18.5 Å². The van der Waals surface area contributed by atoms with E-state index in [-0.39, 0.29) is 6.03 Å². The van der Waals surface area contributed by atoms with E-state index in [9.17, 15) is 4.79 Å². The Labute approximate surface area is 170 Å². The van der Waals surface area contributed by atoms with Gasteiger partial charge in [-0.05, 0) is 36.8 Å². The van der Waals surface area contributed by atoms with Gasteiger partial charge in [0.1, 0.15) is 5.75 Å². The normalized spacial score (nSPS) is 13.0. The molecule has 2 aromatic carbocycles. The number of carbonyl (C=O) groups excluding carboxylic acids is 1. The summed E-state index contributed by atoms with van der Waals surface area (Å²) in [5.41, 5.74) is 3.91. The van der Waals surface area contributed by atoms with Crippen LogP contribution < -0.4 is 19.9 Å². The molecule has 0 atom stereocenters. The lowest BCUT2D eigenvalue weighted by Gasteiger charge is -2.36. The molecule has 0 aliphatic carbocycles. The number of aryl methyl sites for hydroxylation is 1. The number of nitrogens with zero attached hydrogens (tertiary/aromatic N) is 3. The minimum atomic E-state index is -0.196. The molecule has 1 aliphatic rings. The first kappa shape index (κ1) is 18.8. The lowest BCUT2D eigenvalue weighted by atomic mass is 10.1. The van der Waals surface area contributed by atoms with Gasteiger partial charge in [0.25, 0.3) is 0 Å². The lowest BCUT2D eigenvalue weighted by molar-refractivity contribution is 0.256. The number of aromatic nitrogens is 1. The highest BCUT2D eigenvalue weighted by Crippen LogP contribution is 2.33. The van der Waals surface area contributed by atoms with Crippen LogP contribution in [0.2, 0.25) is 0 Å². The van der Waals surface area contributed by atoms with Crippen molar-refractivity contribution in [3.05, 3.63) is 78.0 Å². The largest absolute Gasteiger partial charge is 0.495 e. The fourth-order valence-corrected chi connectivity index (χ4v) is 3.50. The molecule has 148 valence electrons. The number of para-hydroxylation sites is 2. The van der Waals surface area contributed by atoms with E-state index in [0.29, 0.717) is 24.5 Å². The van der Waals surface area contributed by atoms with Gasteiger partial charge in [-0.3, -0.25) is 4.90 Å². The highest BCUT2D eigenvalue weighted by atomic mass is 16.5. The van der Waals surface area contributed by atoms with Crippen LogP contribution >= 0.6 is 0 Å². The minimum Gasteiger partial charge on any atom is -0.495 e. The van der Waals surface area contributed by atoms with Crippen LogP contribution in [0.1, 0.15) is 11.1 Å². The summed E-state index contributed by atoms with van der Waals surface area (Å²) in [5.74, 6) is 1.44. The van der Waals surface area contributed by atoms with E-state index in [1.165, 1.54) is 11.1 Å². The number of urea groups is 1. The van der Waals surface area contributed by atoms with Crippen LogP contribution in [-0.4, -0.2) is 31.2 Å². The number of rotatable bonds is 4. The Morgan fingerprint density at radius 2 is 1.86 bits per heavy atom. The number of pyridine rings is 1. The molecule has 1 N–H and O–H groups in total. The van der Waals surface area contributed by atoms with Crippen LogP contribution in [0.4, 0.5) is 22.0 Å². The van der Waals surface area contributed by atoms with Crippen molar-refractivity contribution in [2.45, 2.75) is 13.5 Å². The monoisotopic (exact) mass is 388 g/mol. The van der Waals surface area contributed by atoms with Crippen LogP contribution in [0.15, 0.2) is 66.9 Å². The van der Waals surface area contributed by atoms with Crippen LogP contribution in [-0.2, 0) is 6.54 Å². The summed E-state index contributed by atoms with van der Waals surface area (Å²) in [4.78, 5) is 21.5. The third-order valence-electron chi connectivity index (χ3n) is 5.04. The molecule has 6 heteroatoms. The van der Waals surface area contributed by atoms with Crippen molar-refractivity contribution < 1.29 is 9.53 Å². The van der Waals surface area contributed by atoms with Gasteiger partial charge >= 0.3 is 6.03 Å². The highest BCUT2D eigenvalue weighted by molar-refractivity contribution is 6.04. The van der Waals surface area contributed by atoms with Crippen molar-refractivity contribution >= 4 is 23.2 Å². The van der Waals surface area contributed by atoms with Gasteiger partial charge < -0.3 is 15.0 Å². The van der Waals surface area contributed by atoms with E-state index in [0.717, 1.165) is 18.1 Å². The number of carbonyl (C=O) groups is 1. The average Bonchev–Trinajstić information content (AvgIpc) is 2.76. The van der Waals surface area contributed by atoms with Gasteiger partial charge in [-0.1, -0.05) is 42.0 Å². The maximum absolute atomic E-state index is 13.0. The standard InChI is InChI=1S/C23H24N4O2/c1-17-9-11-18(12-10-17)16-26-14-15-27(20-7-5-13-24-22(20)26)23(28)25-19-6-3-4-8-21(19)29-2/h3-13H,14-16H2,1-2H3,(H,25,28). The van der Waals surface area contributed by atoms with Crippen LogP contribution in [0, 0.1) is 6.92 Å². The summed E-state index contributed by atoms with van der Waals surface area (Å²) in [6.45, 7) is 4.12. The number of benzene rings is 2. The molecule has 0 fully saturated rings. The second-order valence-electron chi connectivity index (χ2n) is 7.04. The zero-order valence-electron chi connectivity index (χ0n) is 16.6. The number of nitrogens with one attached hydrogen (secondary N) is 1. The number of methoxy groups -OCH3 is 1. The smallest absolute Gasteiger partial charge is 0.326 e. The van der Waals surface area contributed by atoms with Crippen LogP contribution in [0.5, 0.6) is 5.75 Å². The average molecular weight is 388 g/mol. The van der Waals surface area contributed by atoms with Crippen molar-refractivity contribution in [2.24, 2.45) is 0 Å². The van der Waals surface area contributed by atoms with Crippen molar-refractivity contribution in [1.82, 2.24) is 4.98 Å². The Morgan fingerprint density at radius 1 is 1.07 bits per heavy atom. The van der Waals surface area contributed by atoms with E-state index in [1.807, 2.05) is 36.4 Å². The molecular formula is C23H24N4O2. The fourth-order valence-electron chi connectivity index (χ4n) is 3.50. The third-order valence-corrected chi connectivity index (χ3v) is 5.04. The molecule has 4 rings (SSSR count). The first-order valence-corrected chi connectivity index (χ1v) is 9.63. The van der Waals surface area contributed by atoms with Gasteiger partial charge in [0.15, 0.2) is 5.82 Å². The van der Waals surface area contributed by atoms with Crippen LogP contribution in [0.3, 0.4) is 0 Å². The molecule has 0 radical (unpaired) electrons. The van der Waals surface area contributed by atoms with Crippen LogP contribution in [0.25, 0.3) is 0 Å². The van der Waals surface area contributed by atoms with E-state index in [1.54, 1.807) is 18.2 Å². The number of fused-ring (bicyclic) bond motifs is 1. The van der Waals surface area contributed by atoms with Crippen molar-refractivity contribution in [1.29, 1.82) is 0 Å².